The van der Waals surface area contributed by atoms with E-state index in [4.69, 9.17) is 18.9 Å². The third-order valence-electron chi connectivity index (χ3n) is 13.8. The fourth-order valence-corrected chi connectivity index (χ4v) is 8.63. The number of unbranched alkanes of at least 4 members (excludes halogenated alkanes) is 14. The number of aliphatic carboxylic acids is 1. The van der Waals surface area contributed by atoms with Crippen LogP contribution in [0.15, 0.2) is 194 Å². The third-order valence-corrected chi connectivity index (χ3v) is 13.8. The van der Waals surface area contributed by atoms with Gasteiger partial charge < -0.3 is 33.3 Å². The lowest BCUT2D eigenvalue weighted by Crippen LogP contribution is -2.44. The fourth-order valence-electron chi connectivity index (χ4n) is 8.63. The molecule has 0 saturated carbocycles. The standard InChI is InChI=1S/C80H125NO8/c1-6-8-10-12-14-16-18-20-22-24-26-28-30-31-32-33-34-35-36-37-38-39-40-41-42-43-44-45-46-47-49-51-53-55-57-59-61-63-65-67-69-71-78(83)89-76(75-88-80(79(84)85)86-73-72-81(3,4)5)74-87-77(82)70-68-66-64-62-60-58-56-54-52-50-48-29-27-25-23-21-19-17-15-13-11-9-7-2/h8-11,14-17,20-23,26-29,31-32,34-35,37-38,40-41,43-44,46-47,50,52,56,58,76,80H,6-7,12-13,18-19,24-25,30,33,36,39,42,45,48-49,51,53-55,57,59-75H2,1-5H3/b10-8-,11-9-,16-14-,17-15-,22-20-,23-21-,28-26-,29-27-,32-31-,35-34-,38-37-,41-40-,44-43-,47-46-,52-50-,58-56-. The number of quaternary nitrogens is 1. The van der Waals surface area contributed by atoms with Crippen molar-refractivity contribution in [3.63, 3.8) is 0 Å². The van der Waals surface area contributed by atoms with Crippen LogP contribution in [0, 0.1) is 0 Å². The first-order valence-electron chi connectivity index (χ1n) is 34.6. The largest absolute Gasteiger partial charge is 0.545 e. The van der Waals surface area contributed by atoms with E-state index in [1.165, 1.54) is 38.5 Å². The maximum atomic E-state index is 12.9. The summed E-state index contributed by atoms with van der Waals surface area (Å²) in [6.07, 6.45) is 102. The average molecular weight is 1230 g/mol. The summed E-state index contributed by atoms with van der Waals surface area (Å²) in [7, 11) is 5.90. The molecule has 0 aromatic rings. The zero-order valence-electron chi connectivity index (χ0n) is 56.7. The Morgan fingerprint density at radius 1 is 0.337 bits per heavy atom. The van der Waals surface area contributed by atoms with Crippen LogP contribution in [0.5, 0.6) is 0 Å². The molecular formula is C80H125NO8. The molecule has 0 aliphatic carbocycles. The van der Waals surface area contributed by atoms with Crippen molar-refractivity contribution in [1.82, 2.24) is 0 Å². The number of rotatable bonds is 61. The molecule has 0 fully saturated rings. The Morgan fingerprint density at radius 2 is 0.607 bits per heavy atom. The third kappa shape index (κ3) is 69.5. The van der Waals surface area contributed by atoms with Gasteiger partial charge in [-0.25, -0.2) is 0 Å². The zero-order chi connectivity index (χ0) is 64.7. The summed E-state index contributed by atoms with van der Waals surface area (Å²) in [4.78, 5) is 37.5. The first kappa shape index (κ1) is 83.1. The first-order chi connectivity index (χ1) is 43.6. The van der Waals surface area contributed by atoms with Gasteiger partial charge in [0.1, 0.15) is 13.2 Å². The number of allylic oxidation sites excluding steroid dienone is 32. The summed E-state index contributed by atoms with van der Waals surface area (Å²) in [5, 5.41) is 11.8. The van der Waals surface area contributed by atoms with Gasteiger partial charge in [0.15, 0.2) is 12.4 Å². The van der Waals surface area contributed by atoms with E-state index in [-0.39, 0.29) is 32.7 Å². The van der Waals surface area contributed by atoms with Crippen LogP contribution in [-0.4, -0.2) is 82.3 Å². The molecule has 0 amide bonds. The highest BCUT2D eigenvalue weighted by Crippen LogP contribution is 2.15. The molecule has 0 aromatic carbocycles. The topological polar surface area (TPSA) is 111 Å². The predicted molar refractivity (Wildman–Crippen MR) is 379 cm³/mol. The minimum absolute atomic E-state index is 0.132. The van der Waals surface area contributed by atoms with Gasteiger partial charge in [-0.3, -0.25) is 9.59 Å². The van der Waals surface area contributed by atoms with E-state index in [1.54, 1.807) is 0 Å². The molecular weight excluding hydrogens is 1100 g/mol. The van der Waals surface area contributed by atoms with E-state index in [1.807, 2.05) is 21.1 Å². The number of likely N-dealkylation sites (N-methyl/N-ethyl adjacent to an activating group) is 1. The molecule has 0 saturated heterocycles. The van der Waals surface area contributed by atoms with E-state index < -0.39 is 30.3 Å². The molecule has 0 radical (unpaired) electrons. The predicted octanol–water partition coefficient (Wildman–Crippen LogP) is 20.5. The number of hydrogen-bond acceptors (Lipinski definition) is 8. The van der Waals surface area contributed by atoms with Gasteiger partial charge in [0.05, 0.1) is 40.3 Å². The van der Waals surface area contributed by atoms with Crippen molar-refractivity contribution in [1.29, 1.82) is 0 Å². The number of carboxylic acids is 1. The maximum absolute atomic E-state index is 12.9. The molecule has 2 unspecified atom stereocenters. The highest BCUT2D eigenvalue weighted by Gasteiger charge is 2.22. The molecule has 0 aromatic heterocycles. The van der Waals surface area contributed by atoms with Gasteiger partial charge in [0.2, 0.25) is 0 Å². The summed E-state index contributed by atoms with van der Waals surface area (Å²) in [5.41, 5.74) is 0. The van der Waals surface area contributed by atoms with Crippen LogP contribution in [0.3, 0.4) is 0 Å². The van der Waals surface area contributed by atoms with Crippen LogP contribution in [-0.2, 0) is 33.3 Å². The second-order valence-electron chi connectivity index (χ2n) is 23.3. The van der Waals surface area contributed by atoms with Crippen molar-refractivity contribution >= 4 is 17.9 Å². The van der Waals surface area contributed by atoms with Crippen molar-refractivity contribution in [2.75, 3.05) is 47.5 Å². The Bertz CT molecular complexity index is 2160. The van der Waals surface area contributed by atoms with E-state index in [9.17, 15) is 19.5 Å². The van der Waals surface area contributed by atoms with Crippen LogP contribution < -0.4 is 5.11 Å². The second kappa shape index (κ2) is 68.0. The average Bonchev–Trinajstić information content (AvgIpc) is 3.64. The van der Waals surface area contributed by atoms with Gasteiger partial charge in [0, 0.05) is 12.8 Å². The highest BCUT2D eigenvalue weighted by atomic mass is 16.7. The Kier molecular flexibility index (Phi) is 63.6. The van der Waals surface area contributed by atoms with Gasteiger partial charge >= 0.3 is 11.9 Å². The second-order valence-corrected chi connectivity index (χ2v) is 23.3. The van der Waals surface area contributed by atoms with E-state index in [0.717, 1.165) is 154 Å². The Labute approximate surface area is 544 Å². The van der Waals surface area contributed by atoms with E-state index in [0.29, 0.717) is 23.9 Å². The molecule has 0 bridgehead atoms. The van der Waals surface area contributed by atoms with Gasteiger partial charge in [-0.15, -0.1) is 0 Å². The van der Waals surface area contributed by atoms with Gasteiger partial charge in [-0.05, 0) is 141 Å². The summed E-state index contributed by atoms with van der Waals surface area (Å²) in [6.45, 7) is 4.46. The summed E-state index contributed by atoms with van der Waals surface area (Å²) >= 11 is 0. The van der Waals surface area contributed by atoms with Crippen LogP contribution in [0.25, 0.3) is 0 Å². The number of nitrogens with zero attached hydrogens (tertiary/aromatic N) is 1. The smallest absolute Gasteiger partial charge is 0.306 e. The quantitative estimate of drug-likeness (QED) is 0.0195. The minimum atomic E-state index is -1.64. The van der Waals surface area contributed by atoms with Crippen LogP contribution >= 0.6 is 0 Å². The summed E-state index contributed by atoms with van der Waals surface area (Å²) in [6, 6.07) is 0. The Morgan fingerprint density at radius 3 is 0.899 bits per heavy atom. The van der Waals surface area contributed by atoms with E-state index in [2.05, 4.69) is 208 Å². The van der Waals surface area contributed by atoms with Crippen LogP contribution in [0.1, 0.15) is 232 Å². The SMILES string of the molecule is CC/C=C\C/C=C\C/C=C\C/C=C\C/C=C\C/C=C\C/C=C\C/C=C\C/C=C\C/C=C\CCCCCCCCCCCCC(=O)OC(COC(=O)CCCCCC/C=C\C/C=C\C/C=C\C/C=C\C/C=C\C/C=C\CC)COC(OCC[N+](C)(C)C)C(=O)[O-]. The monoisotopic (exact) mass is 1230 g/mol. The number of esters is 2. The molecule has 2 atom stereocenters. The van der Waals surface area contributed by atoms with Crippen molar-refractivity contribution in [2.45, 2.75) is 245 Å². The molecule has 89 heavy (non-hydrogen) atoms. The molecule has 0 spiro atoms. The lowest BCUT2D eigenvalue weighted by molar-refractivity contribution is -0.870. The number of carboxylic acid groups (broad SMARTS) is 1. The Hall–Kier alpha value is -5.87. The number of hydrogen-bond donors (Lipinski definition) is 0. The van der Waals surface area contributed by atoms with Gasteiger partial charge in [0.25, 0.3) is 0 Å². The molecule has 0 heterocycles. The van der Waals surface area contributed by atoms with Crippen molar-refractivity contribution in [2.24, 2.45) is 0 Å². The van der Waals surface area contributed by atoms with Crippen molar-refractivity contribution in [3.05, 3.63) is 194 Å². The van der Waals surface area contributed by atoms with Crippen LogP contribution in [0.4, 0.5) is 0 Å². The first-order valence-corrected chi connectivity index (χ1v) is 34.6. The maximum Gasteiger partial charge on any atom is 0.306 e. The molecule has 0 aliphatic heterocycles. The number of carbonyl (C=O) groups excluding carboxylic acids is 3. The molecule has 0 N–H and O–H groups in total. The lowest BCUT2D eigenvalue weighted by atomic mass is 10.0. The molecule has 9 nitrogen and oxygen atoms in total. The normalized spacial score (nSPS) is 13.9. The molecule has 9 heteroatoms. The van der Waals surface area contributed by atoms with Crippen molar-refractivity contribution < 1.29 is 42.9 Å². The minimum Gasteiger partial charge on any atom is -0.545 e. The summed E-state index contributed by atoms with van der Waals surface area (Å²) in [5.74, 6) is -2.34. The molecule has 498 valence electrons. The molecule has 0 rings (SSSR count). The van der Waals surface area contributed by atoms with Gasteiger partial charge in [-0.1, -0.05) is 272 Å². The summed E-state index contributed by atoms with van der Waals surface area (Å²) < 4.78 is 22.7. The van der Waals surface area contributed by atoms with Crippen molar-refractivity contribution in [3.8, 4) is 0 Å². The highest BCUT2D eigenvalue weighted by molar-refractivity contribution is 5.70. The van der Waals surface area contributed by atoms with E-state index >= 15 is 0 Å². The lowest BCUT2D eigenvalue weighted by Gasteiger charge is -2.26. The van der Waals surface area contributed by atoms with Gasteiger partial charge in [-0.2, -0.15) is 0 Å². The Balaban J connectivity index is 4.22. The zero-order valence-corrected chi connectivity index (χ0v) is 56.7. The number of ether oxygens (including phenoxy) is 4. The fraction of sp³-hybridized carbons (Fsp3) is 0.562. The number of carbonyl (C=O) groups is 3. The molecule has 0 aliphatic rings. The van der Waals surface area contributed by atoms with Crippen LogP contribution in [0.2, 0.25) is 0 Å².